The molecule has 0 aliphatic heterocycles. The summed E-state index contributed by atoms with van der Waals surface area (Å²) in [5, 5.41) is 10.3. The number of carbonyl (C=O) groups excluding carboxylic acids is 1. The highest BCUT2D eigenvalue weighted by Gasteiger charge is 2.33. The number of hydrogen-bond acceptors (Lipinski definition) is 3. The van der Waals surface area contributed by atoms with Crippen molar-refractivity contribution in [2.45, 2.75) is 45.1 Å². The van der Waals surface area contributed by atoms with Crippen LogP contribution in [0.3, 0.4) is 0 Å². The number of hydrogen-bond donors (Lipinski definition) is 2. The summed E-state index contributed by atoms with van der Waals surface area (Å²) in [6, 6.07) is -0.320. The van der Waals surface area contributed by atoms with Crippen LogP contribution >= 0.6 is 12.4 Å². The van der Waals surface area contributed by atoms with Gasteiger partial charge in [-0.15, -0.1) is 12.4 Å². The van der Waals surface area contributed by atoms with Crippen LogP contribution in [0.4, 0.5) is 0 Å². The third-order valence-corrected chi connectivity index (χ3v) is 4.66. The van der Waals surface area contributed by atoms with Crippen molar-refractivity contribution >= 4 is 18.3 Å². The van der Waals surface area contributed by atoms with Gasteiger partial charge in [0.25, 0.3) is 0 Å². The van der Waals surface area contributed by atoms with Gasteiger partial charge in [0.15, 0.2) is 0 Å². The SMILES string of the molecule is CCC1(CNC(=O)C(NC)c2cnn(C)c2)CCCC1.Cl. The second-order valence-electron chi connectivity index (χ2n) is 5.95. The number of amides is 1. The molecule has 21 heavy (non-hydrogen) atoms. The van der Waals surface area contributed by atoms with Gasteiger partial charge in [-0.05, 0) is 31.7 Å². The van der Waals surface area contributed by atoms with E-state index in [1.54, 1.807) is 10.9 Å². The Hall–Kier alpha value is -1.07. The molecule has 2 rings (SSSR count). The first-order valence-electron chi connectivity index (χ1n) is 7.54. The normalized spacial score (nSPS) is 18.0. The van der Waals surface area contributed by atoms with E-state index in [2.05, 4.69) is 22.7 Å². The minimum atomic E-state index is -0.320. The van der Waals surface area contributed by atoms with E-state index >= 15 is 0 Å². The van der Waals surface area contributed by atoms with Gasteiger partial charge in [-0.2, -0.15) is 5.10 Å². The predicted molar refractivity (Wildman–Crippen MR) is 86.5 cm³/mol. The Morgan fingerprint density at radius 3 is 2.62 bits per heavy atom. The minimum Gasteiger partial charge on any atom is -0.354 e. The second kappa shape index (κ2) is 7.80. The summed E-state index contributed by atoms with van der Waals surface area (Å²) < 4.78 is 1.72. The zero-order valence-corrected chi connectivity index (χ0v) is 14.0. The van der Waals surface area contributed by atoms with Crippen LogP contribution < -0.4 is 10.6 Å². The number of nitrogens with one attached hydrogen (secondary N) is 2. The summed E-state index contributed by atoms with van der Waals surface area (Å²) in [4.78, 5) is 12.4. The molecule has 0 spiro atoms. The van der Waals surface area contributed by atoms with E-state index in [9.17, 15) is 4.79 Å². The van der Waals surface area contributed by atoms with Crippen molar-refractivity contribution in [3.63, 3.8) is 0 Å². The van der Waals surface area contributed by atoms with Crippen LogP contribution in [0.25, 0.3) is 0 Å². The summed E-state index contributed by atoms with van der Waals surface area (Å²) in [5.74, 6) is 0.0419. The van der Waals surface area contributed by atoms with Crippen molar-refractivity contribution in [2.75, 3.05) is 13.6 Å². The molecule has 1 atom stereocenters. The van der Waals surface area contributed by atoms with Gasteiger partial charge in [0.1, 0.15) is 6.04 Å². The Bertz CT molecular complexity index is 454. The highest BCUT2D eigenvalue weighted by molar-refractivity contribution is 5.85. The van der Waals surface area contributed by atoms with Crippen LogP contribution in [0, 0.1) is 5.41 Å². The van der Waals surface area contributed by atoms with Crippen molar-refractivity contribution in [3.05, 3.63) is 18.0 Å². The lowest BCUT2D eigenvalue weighted by molar-refractivity contribution is -0.123. The molecule has 120 valence electrons. The summed E-state index contributed by atoms with van der Waals surface area (Å²) in [6.07, 6.45) is 9.83. The first kappa shape index (κ1) is 18.0. The average Bonchev–Trinajstić information content (AvgIpc) is 3.07. The molecule has 1 aromatic rings. The molecule has 0 radical (unpaired) electrons. The molecule has 1 amide bonds. The van der Waals surface area contributed by atoms with Gasteiger partial charge in [0.05, 0.1) is 6.20 Å². The molecule has 1 saturated carbocycles. The van der Waals surface area contributed by atoms with Gasteiger partial charge in [-0.3, -0.25) is 9.48 Å². The number of halogens is 1. The number of carbonyl (C=O) groups is 1. The molecular formula is C15H27ClN4O. The fraction of sp³-hybridized carbons (Fsp3) is 0.733. The van der Waals surface area contributed by atoms with Crippen LogP contribution in [-0.4, -0.2) is 29.3 Å². The third-order valence-electron chi connectivity index (χ3n) is 4.66. The molecule has 1 aliphatic rings. The molecule has 0 saturated heterocycles. The largest absolute Gasteiger partial charge is 0.354 e. The molecule has 1 fully saturated rings. The lowest BCUT2D eigenvalue weighted by Gasteiger charge is -2.28. The highest BCUT2D eigenvalue weighted by Crippen LogP contribution is 2.40. The molecule has 6 heteroatoms. The summed E-state index contributed by atoms with van der Waals surface area (Å²) >= 11 is 0. The summed E-state index contributed by atoms with van der Waals surface area (Å²) in [5.41, 5.74) is 1.23. The first-order valence-corrected chi connectivity index (χ1v) is 7.54. The molecule has 1 unspecified atom stereocenters. The van der Waals surface area contributed by atoms with Crippen molar-refractivity contribution in [3.8, 4) is 0 Å². The quantitative estimate of drug-likeness (QED) is 0.846. The van der Waals surface area contributed by atoms with E-state index in [1.165, 1.54) is 25.7 Å². The first-order chi connectivity index (χ1) is 9.60. The van der Waals surface area contributed by atoms with Crippen molar-refractivity contribution < 1.29 is 4.79 Å². The Morgan fingerprint density at radius 2 is 2.14 bits per heavy atom. The van der Waals surface area contributed by atoms with Crippen molar-refractivity contribution in [1.82, 2.24) is 20.4 Å². The van der Waals surface area contributed by atoms with Gasteiger partial charge in [0, 0.05) is 25.4 Å². The lowest BCUT2D eigenvalue weighted by Crippen LogP contribution is -2.41. The maximum Gasteiger partial charge on any atom is 0.241 e. The van der Waals surface area contributed by atoms with E-state index in [4.69, 9.17) is 0 Å². The van der Waals surface area contributed by atoms with Crippen LogP contribution in [-0.2, 0) is 11.8 Å². The standard InChI is InChI=1S/C15H26N4O.ClH/c1-4-15(7-5-6-8-15)11-17-14(20)13(16-2)12-9-18-19(3)10-12;/h9-10,13,16H,4-8,11H2,1-3H3,(H,17,20);1H. The lowest BCUT2D eigenvalue weighted by atomic mass is 9.83. The van der Waals surface area contributed by atoms with Crippen LogP contribution in [0.2, 0.25) is 0 Å². The monoisotopic (exact) mass is 314 g/mol. The summed E-state index contributed by atoms with van der Waals surface area (Å²) in [6.45, 7) is 3.02. The van der Waals surface area contributed by atoms with Crippen LogP contribution in [0.1, 0.15) is 50.6 Å². The van der Waals surface area contributed by atoms with Crippen LogP contribution in [0.15, 0.2) is 12.4 Å². The molecule has 0 bridgehead atoms. The number of rotatable bonds is 6. The maximum absolute atomic E-state index is 12.4. The molecule has 0 aromatic carbocycles. The topological polar surface area (TPSA) is 59.0 Å². The number of nitrogens with zero attached hydrogens (tertiary/aromatic N) is 2. The fourth-order valence-electron chi connectivity index (χ4n) is 3.20. The zero-order valence-electron chi connectivity index (χ0n) is 13.2. The fourth-order valence-corrected chi connectivity index (χ4v) is 3.20. The summed E-state index contributed by atoms with van der Waals surface area (Å²) in [7, 11) is 3.67. The van der Waals surface area contributed by atoms with E-state index in [-0.39, 0.29) is 24.4 Å². The predicted octanol–water partition coefficient (Wildman–Crippen LogP) is 2.19. The highest BCUT2D eigenvalue weighted by atomic mass is 35.5. The van der Waals surface area contributed by atoms with E-state index < -0.39 is 0 Å². The molecule has 2 N–H and O–H groups in total. The number of likely N-dealkylation sites (N-methyl/N-ethyl adjacent to an activating group) is 1. The molecule has 1 aromatic heterocycles. The molecule has 1 heterocycles. The van der Waals surface area contributed by atoms with E-state index in [1.807, 2.05) is 20.3 Å². The minimum absolute atomic E-state index is 0. The number of aryl methyl sites for hydroxylation is 1. The Labute approximate surface area is 133 Å². The number of aromatic nitrogens is 2. The smallest absolute Gasteiger partial charge is 0.241 e. The van der Waals surface area contributed by atoms with Gasteiger partial charge in [-0.1, -0.05) is 19.8 Å². The Kier molecular flexibility index (Phi) is 6.68. The molecule has 5 nitrogen and oxygen atoms in total. The maximum atomic E-state index is 12.4. The van der Waals surface area contributed by atoms with Gasteiger partial charge >= 0.3 is 0 Å². The third kappa shape index (κ3) is 4.20. The van der Waals surface area contributed by atoms with Crippen molar-refractivity contribution in [1.29, 1.82) is 0 Å². The van der Waals surface area contributed by atoms with Gasteiger partial charge in [-0.25, -0.2) is 0 Å². The van der Waals surface area contributed by atoms with E-state index in [0.29, 0.717) is 5.41 Å². The Morgan fingerprint density at radius 1 is 1.48 bits per heavy atom. The Balaban J connectivity index is 0.00000220. The van der Waals surface area contributed by atoms with E-state index in [0.717, 1.165) is 18.5 Å². The second-order valence-corrected chi connectivity index (χ2v) is 5.95. The van der Waals surface area contributed by atoms with Gasteiger partial charge in [0.2, 0.25) is 5.91 Å². The molecular weight excluding hydrogens is 288 g/mol. The van der Waals surface area contributed by atoms with Crippen LogP contribution in [0.5, 0.6) is 0 Å². The van der Waals surface area contributed by atoms with Gasteiger partial charge < -0.3 is 10.6 Å². The van der Waals surface area contributed by atoms with Crippen molar-refractivity contribution in [2.24, 2.45) is 12.5 Å². The average molecular weight is 315 g/mol. The molecule has 1 aliphatic carbocycles. The zero-order chi connectivity index (χ0) is 14.6.